The van der Waals surface area contributed by atoms with E-state index >= 15 is 0 Å². The summed E-state index contributed by atoms with van der Waals surface area (Å²) in [7, 11) is -1.96. The summed E-state index contributed by atoms with van der Waals surface area (Å²) in [4.78, 5) is 11.5. The summed E-state index contributed by atoms with van der Waals surface area (Å²) in [6.07, 6.45) is 2.49. The van der Waals surface area contributed by atoms with Gasteiger partial charge in [-0.05, 0) is 52.9 Å². The van der Waals surface area contributed by atoms with Crippen LogP contribution < -0.4 is 0 Å². The van der Waals surface area contributed by atoms with Crippen molar-refractivity contribution in [1.29, 1.82) is 0 Å². The third kappa shape index (κ3) is 4.70. The fourth-order valence-corrected chi connectivity index (χ4v) is 5.27. The van der Waals surface area contributed by atoms with Crippen LogP contribution in [0.15, 0.2) is 42.5 Å². The van der Waals surface area contributed by atoms with Gasteiger partial charge in [0, 0.05) is 11.8 Å². The summed E-state index contributed by atoms with van der Waals surface area (Å²) in [5, 5.41) is 0.103. The van der Waals surface area contributed by atoms with Crippen LogP contribution in [0.4, 0.5) is 8.78 Å². The average Bonchev–Trinajstić information content (AvgIpc) is 3.05. The molecule has 5 heteroatoms. The molecule has 0 spiro atoms. The normalized spacial score (nSPS) is 18.2. The number of fused-ring (bicyclic) bond motifs is 2. The van der Waals surface area contributed by atoms with Crippen LogP contribution in [0.2, 0.25) is 18.1 Å². The summed E-state index contributed by atoms with van der Waals surface area (Å²) >= 11 is 0. The molecule has 0 saturated heterocycles. The van der Waals surface area contributed by atoms with Gasteiger partial charge in [-0.15, -0.1) is 0 Å². The van der Waals surface area contributed by atoms with E-state index in [4.69, 9.17) is 4.43 Å². The minimum absolute atomic E-state index is 0.0712. The molecule has 0 aromatic heterocycles. The van der Waals surface area contributed by atoms with Gasteiger partial charge in [-0.25, -0.2) is 8.78 Å². The Morgan fingerprint density at radius 1 is 0.879 bits per heavy atom. The molecule has 2 aromatic rings. The van der Waals surface area contributed by atoms with Crippen LogP contribution >= 0.6 is 0 Å². The zero-order valence-corrected chi connectivity index (χ0v) is 22.3. The lowest BCUT2D eigenvalue weighted by molar-refractivity contribution is 0.0976. The van der Waals surface area contributed by atoms with Crippen LogP contribution in [-0.2, 0) is 15.3 Å². The van der Waals surface area contributed by atoms with Crippen molar-refractivity contribution in [1.82, 2.24) is 0 Å². The summed E-state index contributed by atoms with van der Waals surface area (Å²) < 4.78 is 33.9. The number of hydrogen-bond donors (Lipinski definition) is 0. The second kappa shape index (κ2) is 8.19. The maximum Gasteiger partial charge on any atom is 0.250 e. The molecule has 0 unspecified atom stereocenters. The molecule has 0 N–H and O–H groups in total. The van der Waals surface area contributed by atoms with Gasteiger partial charge < -0.3 is 4.43 Å². The number of allylic oxidation sites excluding steroid dienone is 1. The van der Waals surface area contributed by atoms with Gasteiger partial charge in [0.2, 0.25) is 8.32 Å². The summed E-state index contributed by atoms with van der Waals surface area (Å²) in [6, 6.07) is 10.1. The van der Waals surface area contributed by atoms with Crippen molar-refractivity contribution >= 4 is 19.9 Å². The van der Waals surface area contributed by atoms with Crippen molar-refractivity contribution in [3.63, 3.8) is 0 Å². The largest absolute Gasteiger partial charge is 0.543 e. The molecule has 33 heavy (non-hydrogen) atoms. The molecule has 0 saturated carbocycles. The van der Waals surface area contributed by atoms with Gasteiger partial charge in [0.15, 0.2) is 5.78 Å². The highest BCUT2D eigenvalue weighted by molar-refractivity contribution is 6.74. The Balaban J connectivity index is 0.000000203. The highest BCUT2D eigenvalue weighted by Gasteiger charge is 2.42. The van der Waals surface area contributed by atoms with E-state index in [0.717, 1.165) is 16.9 Å². The van der Waals surface area contributed by atoms with E-state index in [-0.39, 0.29) is 33.3 Å². The first kappa shape index (κ1) is 25.4. The smallest absolute Gasteiger partial charge is 0.250 e. The first-order chi connectivity index (χ1) is 15.0. The second-order valence-electron chi connectivity index (χ2n) is 11.9. The molecule has 0 atom stereocenters. The van der Waals surface area contributed by atoms with E-state index in [1.807, 2.05) is 26.0 Å². The Labute approximate surface area is 198 Å². The number of benzene rings is 2. The number of Topliss-reactive ketones (excluding diaryl/α,β-unsaturated/α-hetero) is 1. The summed E-state index contributed by atoms with van der Waals surface area (Å²) in [6.45, 7) is 19.1. The van der Waals surface area contributed by atoms with Gasteiger partial charge in [-0.2, -0.15) is 0 Å². The number of rotatable bonds is 2. The van der Waals surface area contributed by atoms with E-state index in [1.165, 1.54) is 12.1 Å². The lowest BCUT2D eigenvalue weighted by Gasteiger charge is -2.37. The monoisotopic (exact) mass is 470 g/mol. The second-order valence-corrected chi connectivity index (χ2v) is 16.6. The quantitative estimate of drug-likeness (QED) is 0.414. The van der Waals surface area contributed by atoms with Gasteiger partial charge >= 0.3 is 0 Å². The minimum atomic E-state index is -1.96. The van der Waals surface area contributed by atoms with Crippen LogP contribution in [0.5, 0.6) is 0 Å². The van der Waals surface area contributed by atoms with Gasteiger partial charge in [0.1, 0.15) is 17.4 Å². The molecule has 0 heterocycles. The van der Waals surface area contributed by atoms with E-state index in [0.29, 0.717) is 17.5 Å². The van der Waals surface area contributed by atoms with Crippen molar-refractivity contribution in [3.8, 4) is 0 Å². The van der Waals surface area contributed by atoms with Crippen molar-refractivity contribution < 1.29 is 18.0 Å². The number of halogens is 2. The number of carbonyl (C=O) groups excluding carboxylic acids is 1. The standard InChI is InChI=1S/C17H25FOSi.C11H11FO/c1-16(2,3)20(6,7)19-14-11-17(4,5)12-9-8-10-13(18)15(12)14;1-11(2)6-9(13)10-7(11)4-3-5-8(10)12/h8-11H,1-7H3;3-5H,6H2,1-2H3. The van der Waals surface area contributed by atoms with Crippen molar-refractivity contribution in [2.75, 3.05) is 0 Å². The lowest BCUT2D eigenvalue weighted by Crippen LogP contribution is -2.40. The molecule has 0 bridgehead atoms. The first-order valence-corrected chi connectivity index (χ1v) is 14.4. The number of hydrogen-bond acceptors (Lipinski definition) is 2. The third-order valence-corrected chi connectivity index (χ3v) is 11.6. The van der Waals surface area contributed by atoms with Crippen LogP contribution in [0, 0.1) is 11.6 Å². The Kier molecular flexibility index (Phi) is 6.29. The molecule has 2 aromatic carbocycles. The topological polar surface area (TPSA) is 26.3 Å². The molecule has 2 aliphatic rings. The minimum Gasteiger partial charge on any atom is -0.543 e. The van der Waals surface area contributed by atoms with Crippen molar-refractivity contribution in [2.45, 2.75) is 83.8 Å². The molecular formula is C28H36F2O2Si. The highest BCUT2D eigenvalue weighted by atomic mass is 28.4. The van der Waals surface area contributed by atoms with E-state index < -0.39 is 8.32 Å². The fourth-order valence-electron chi connectivity index (χ4n) is 4.25. The maximum absolute atomic E-state index is 14.3. The van der Waals surface area contributed by atoms with E-state index in [1.54, 1.807) is 12.1 Å². The zero-order valence-electron chi connectivity index (χ0n) is 21.3. The summed E-state index contributed by atoms with van der Waals surface area (Å²) in [5.74, 6) is 0.0962. The Hall–Kier alpha value is -2.27. The van der Waals surface area contributed by atoms with E-state index in [2.05, 4.69) is 53.8 Å². The lowest BCUT2D eigenvalue weighted by atomic mass is 9.87. The highest BCUT2D eigenvalue weighted by Crippen LogP contribution is 2.46. The zero-order chi connectivity index (χ0) is 25.0. The molecule has 178 valence electrons. The molecule has 2 aliphatic carbocycles. The van der Waals surface area contributed by atoms with E-state index in [9.17, 15) is 13.6 Å². The Morgan fingerprint density at radius 3 is 1.91 bits per heavy atom. The molecular weight excluding hydrogens is 434 g/mol. The SMILES string of the molecule is CC1(C)C=C(O[Si](C)(C)C(C)(C)C)c2c(F)cccc21.CC1(C)CC(=O)c2c(F)cccc21. The first-order valence-electron chi connectivity index (χ1n) is 11.5. The predicted octanol–water partition coefficient (Wildman–Crippen LogP) is 8.17. The summed E-state index contributed by atoms with van der Waals surface area (Å²) in [5.41, 5.74) is 2.45. The average molecular weight is 471 g/mol. The predicted molar refractivity (Wildman–Crippen MR) is 134 cm³/mol. The third-order valence-electron chi connectivity index (χ3n) is 7.24. The van der Waals surface area contributed by atoms with Crippen LogP contribution in [0.1, 0.15) is 81.9 Å². The van der Waals surface area contributed by atoms with Gasteiger partial charge in [-0.1, -0.05) is 72.7 Å². The molecule has 0 amide bonds. The maximum atomic E-state index is 14.3. The number of carbonyl (C=O) groups is 1. The van der Waals surface area contributed by atoms with Gasteiger partial charge in [-0.3, -0.25) is 4.79 Å². The Bertz CT molecular complexity index is 1120. The van der Waals surface area contributed by atoms with Gasteiger partial charge in [0.25, 0.3) is 0 Å². The molecule has 2 nitrogen and oxygen atoms in total. The molecule has 0 radical (unpaired) electrons. The van der Waals surface area contributed by atoms with Crippen LogP contribution in [0.25, 0.3) is 5.76 Å². The molecule has 0 aliphatic heterocycles. The van der Waals surface area contributed by atoms with Crippen LogP contribution in [0.3, 0.4) is 0 Å². The van der Waals surface area contributed by atoms with Crippen LogP contribution in [-0.4, -0.2) is 14.1 Å². The van der Waals surface area contributed by atoms with Crippen molar-refractivity contribution in [2.24, 2.45) is 0 Å². The Morgan fingerprint density at radius 2 is 1.39 bits per heavy atom. The van der Waals surface area contributed by atoms with Gasteiger partial charge in [0.05, 0.1) is 11.1 Å². The van der Waals surface area contributed by atoms with Crippen molar-refractivity contribution in [3.05, 3.63) is 76.4 Å². The fraction of sp³-hybridized carbons (Fsp3) is 0.464. The number of ketones is 1. The molecule has 0 fully saturated rings. The molecule has 4 rings (SSSR count).